The summed E-state index contributed by atoms with van der Waals surface area (Å²) in [4.78, 5) is 27.0. The fraction of sp³-hybridized carbons (Fsp3) is 0.476. The van der Waals surface area contributed by atoms with E-state index in [2.05, 4.69) is 15.7 Å². The summed E-state index contributed by atoms with van der Waals surface area (Å²) >= 11 is 0. The maximum absolute atomic E-state index is 12.9. The van der Waals surface area contributed by atoms with E-state index in [0.717, 1.165) is 44.5 Å². The molecule has 7 heteroatoms. The van der Waals surface area contributed by atoms with Gasteiger partial charge in [0.05, 0.1) is 23.5 Å². The van der Waals surface area contributed by atoms with Gasteiger partial charge in [0.25, 0.3) is 5.91 Å². The van der Waals surface area contributed by atoms with Crippen LogP contribution in [0.4, 0.5) is 0 Å². The number of carbonyl (C=O) groups is 2. The first-order valence-electron chi connectivity index (χ1n) is 10.1. The van der Waals surface area contributed by atoms with E-state index >= 15 is 0 Å². The first kappa shape index (κ1) is 18.7. The van der Waals surface area contributed by atoms with Crippen molar-refractivity contribution in [2.75, 3.05) is 26.2 Å². The number of amides is 2. The van der Waals surface area contributed by atoms with Gasteiger partial charge < -0.3 is 15.5 Å². The number of aromatic nitrogens is 2. The van der Waals surface area contributed by atoms with Crippen LogP contribution >= 0.6 is 0 Å². The molecular formula is C21H27N5O2. The Morgan fingerprint density at radius 2 is 2.04 bits per heavy atom. The van der Waals surface area contributed by atoms with Gasteiger partial charge in [-0.25, -0.2) is 4.68 Å². The zero-order valence-corrected chi connectivity index (χ0v) is 16.0. The molecule has 0 aliphatic carbocycles. The molecule has 7 nitrogen and oxygen atoms in total. The Labute approximate surface area is 165 Å². The van der Waals surface area contributed by atoms with Crippen LogP contribution in [0.3, 0.4) is 0 Å². The van der Waals surface area contributed by atoms with E-state index in [-0.39, 0.29) is 17.9 Å². The van der Waals surface area contributed by atoms with Crippen LogP contribution in [0.25, 0.3) is 5.69 Å². The van der Waals surface area contributed by atoms with Gasteiger partial charge >= 0.3 is 0 Å². The van der Waals surface area contributed by atoms with Crippen molar-refractivity contribution in [2.24, 2.45) is 5.92 Å². The molecule has 0 radical (unpaired) electrons. The minimum atomic E-state index is -0.0508. The second-order valence-corrected chi connectivity index (χ2v) is 7.66. The van der Waals surface area contributed by atoms with E-state index in [9.17, 15) is 9.59 Å². The van der Waals surface area contributed by atoms with Gasteiger partial charge in [-0.05, 0) is 50.3 Å². The Kier molecular flexibility index (Phi) is 5.71. The molecule has 4 rings (SSSR count). The molecule has 2 fully saturated rings. The molecular weight excluding hydrogens is 354 g/mol. The number of hydrogen-bond donors (Lipinski definition) is 2. The van der Waals surface area contributed by atoms with Crippen molar-refractivity contribution in [3.8, 4) is 5.69 Å². The standard InChI is InChI=1S/C21H27N5O2/c27-20(19-9-4-10-22-19)23-12-16-6-5-11-25(14-16)21(28)17-13-24-26(15-17)18-7-2-1-3-8-18/h1-3,7-8,13,15-16,19,22H,4-6,9-12,14H2,(H,23,27). The lowest BCUT2D eigenvalue weighted by Crippen LogP contribution is -2.46. The third kappa shape index (κ3) is 4.25. The molecule has 2 amide bonds. The average molecular weight is 381 g/mol. The van der Waals surface area contributed by atoms with Crippen molar-refractivity contribution in [3.63, 3.8) is 0 Å². The van der Waals surface area contributed by atoms with Crippen molar-refractivity contribution in [3.05, 3.63) is 48.3 Å². The number of nitrogens with zero attached hydrogens (tertiary/aromatic N) is 3. The van der Waals surface area contributed by atoms with Crippen LogP contribution < -0.4 is 10.6 Å². The fourth-order valence-electron chi connectivity index (χ4n) is 4.03. The molecule has 0 spiro atoms. The summed E-state index contributed by atoms with van der Waals surface area (Å²) in [6, 6.07) is 9.71. The number of carbonyl (C=O) groups excluding carboxylic acids is 2. The first-order valence-corrected chi connectivity index (χ1v) is 10.1. The molecule has 2 aromatic rings. The van der Waals surface area contributed by atoms with E-state index < -0.39 is 0 Å². The van der Waals surface area contributed by atoms with E-state index in [1.54, 1.807) is 17.1 Å². The van der Waals surface area contributed by atoms with Crippen LogP contribution in [0.5, 0.6) is 0 Å². The number of likely N-dealkylation sites (tertiary alicyclic amines) is 1. The zero-order valence-electron chi connectivity index (χ0n) is 16.0. The average Bonchev–Trinajstić information content (AvgIpc) is 3.45. The largest absolute Gasteiger partial charge is 0.354 e. The van der Waals surface area contributed by atoms with Gasteiger partial charge in [-0.15, -0.1) is 0 Å². The SMILES string of the molecule is O=C(NCC1CCCN(C(=O)c2cnn(-c3ccccc3)c2)C1)C1CCCN1. The number of hydrogen-bond acceptors (Lipinski definition) is 4. The van der Waals surface area contributed by atoms with Crippen LogP contribution in [0.2, 0.25) is 0 Å². The van der Waals surface area contributed by atoms with Gasteiger partial charge in [0, 0.05) is 25.8 Å². The quantitative estimate of drug-likeness (QED) is 0.824. The Morgan fingerprint density at radius 3 is 2.82 bits per heavy atom. The molecule has 3 heterocycles. The van der Waals surface area contributed by atoms with Crippen LogP contribution in [-0.2, 0) is 4.79 Å². The highest BCUT2D eigenvalue weighted by molar-refractivity contribution is 5.94. The summed E-state index contributed by atoms with van der Waals surface area (Å²) < 4.78 is 1.73. The van der Waals surface area contributed by atoms with Gasteiger partial charge in [-0.2, -0.15) is 5.10 Å². The summed E-state index contributed by atoms with van der Waals surface area (Å²) in [6.07, 6.45) is 7.38. The van der Waals surface area contributed by atoms with Crippen LogP contribution in [0.1, 0.15) is 36.0 Å². The van der Waals surface area contributed by atoms with Crippen LogP contribution in [0.15, 0.2) is 42.7 Å². The highest BCUT2D eigenvalue weighted by Gasteiger charge is 2.27. The topological polar surface area (TPSA) is 79.3 Å². The third-order valence-electron chi connectivity index (χ3n) is 5.60. The molecule has 0 saturated carbocycles. The van der Waals surface area contributed by atoms with Crippen molar-refractivity contribution < 1.29 is 9.59 Å². The Balaban J connectivity index is 1.33. The molecule has 2 N–H and O–H groups in total. The van der Waals surface area contributed by atoms with Gasteiger partial charge in [0.2, 0.25) is 5.91 Å². The number of benzene rings is 1. The summed E-state index contributed by atoms with van der Waals surface area (Å²) in [7, 11) is 0. The minimum Gasteiger partial charge on any atom is -0.354 e. The van der Waals surface area contributed by atoms with Crippen molar-refractivity contribution >= 4 is 11.8 Å². The Bertz CT molecular complexity index is 813. The number of rotatable bonds is 5. The third-order valence-corrected chi connectivity index (χ3v) is 5.60. The lowest BCUT2D eigenvalue weighted by Gasteiger charge is -2.32. The van der Waals surface area contributed by atoms with E-state index in [4.69, 9.17) is 0 Å². The smallest absolute Gasteiger partial charge is 0.257 e. The van der Waals surface area contributed by atoms with Crippen molar-refractivity contribution in [1.82, 2.24) is 25.3 Å². The van der Waals surface area contributed by atoms with Crippen molar-refractivity contribution in [1.29, 1.82) is 0 Å². The van der Waals surface area contributed by atoms with Gasteiger partial charge in [-0.3, -0.25) is 9.59 Å². The molecule has 2 aliphatic heterocycles. The Morgan fingerprint density at radius 1 is 1.18 bits per heavy atom. The zero-order chi connectivity index (χ0) is 19.3. The minimum absolute atomic E-state index is 0.00988. The number of piperidine rings is 1. The fourth-order valence-corrected chi connectivity index (χ4v) is 4.03. The monoisotopic (exact) mass is 381 g/mol. The molecule has 2 unspecified atom stereocenters. The lowest BCUT2D eigenvalue weighted by atomic mass is 9.97. The molecule has 28 heavy (non-hydrogen) atoms. The summed E-state index contributed by atoms with van der Waals surface area (Å²) in [5.74, 6) is 0.396. The first-order chi connectivity index (χ1) is 13.7. The van der Waals surface area contributed by atoms with Crippen LogP contribution in [-0.4, -0.2) is 58.7 Å². The number of nitrogens with one attached hydrogen (secondary N) is 2. The molecule has 2 saturated heterocycles. The van der Waals surface area contributed by atoms with Gasteiger partial charge in [0.15, 0.2) is 0 Å². The highest BCUT2D eigenvalue weighted by atomic mass is 16.2. The molecule has 1 aromatic carbocycles. The van der Waals surface area contributed by atoms with Crippen molar-refractivity contribution in [2.45, 2.75) is 31.7 Å². The Hall–Kier alpha value is -2.67. The predicted octanol–water partition coefficient (Wildman–Crippen LogP) is 1.59. The highest BCUT2D eigenvalue weighted by Crippen LogP contribution is 2.19. The van der Waals surface area contributed by atoms with Crippen LogP contribution in [0, 0.1) is 5.92 Å². The maximum Gasteiger partial charge on any atom is 0.257 e. The summed E-state index contributed by atoms with van der Waals surface area (Å²) in [6.45, 7) is 2.97. The maximum atomic E-state index is 12.9. The predicted molar refractivity (Wildman–Crippen MR) is 106 cm³/mol. The summed E-state index contributed by atoms with van der Waals surface area (Å²) in [5.41, 5.74) is 1.53. The van der Waals surface area contributed by atoms with Gasteiger partial charge in [0.1, 0.15) is 0 Å². The van der Waals surface area contributed by atoms with E-state index in [0.29, 0.717) is 24.6 Å². The lowest BCUT2D eigenvalue weighted by molar-refractivity contribution is -0.123. The molecule has 0 bridgehead atoms. The van der Waals surface area contributed by atoms with Gasteiger partial charge in [-0.1, -0.05) is 18.2 Å². The van der Waals surface area contributed by atoms with E-state index in [1.807, 2.05) is 35.2 Å². The normalized spacial score (nSPS) is 22.2. The van der Waals surface area contributed by atoms with E-state index in [1.165, 1.54) is 0 Å². The summed E-state index contributed by atoms with van der Waals surface area (Å²) in [5, 5.41) is 10.6. The second kappa shape index (κ2) is 8.56. The molecule has 1 aromatic heterocycles. The molecule has 2 aliphatic rings. The molecule has 148 valence electrons. The molecule has 2 atom stereocenters. The number of para-hydroxylation sites is 1. The second-order valence-electron chi connectivity index (χ2n) is 7.66.